The number of amides is 1. The van der Waals surface area contributed by atoms with Crippen LogP contribution in [-0.2, 0) is 6.54 Å². The van der Waals surface area contributed by atoms with E-state index in [2.05, 4.69) is 20.5 Å². The summed E-state index contributed by atoms with van der Waals surface area (Å²) in [6.45, 7) is 1.88. The maximum Gasteiger partial charge on any atom is 0.261 e. The molecule has 3 heterocycles. The number of nitrogens with one attached hydrogen (secondary N) is 1. The van der Waals surface area contributed by atoms with Gasteiger partial charge in [0.05, 0.1) is 43.5 Å². The molecule has 0 aliphatic heterocycles. The highest BCUT2D eigenvalue weighted by molar-refractivity contribution is 6.31. The van der Waals surface area contributed by atoms with Gasteiger partial charge in [0, 0.05) is 23.0 Å². The number of rotatable bonds is 6. The lowest BCUT2D eigenvalue weighted by Gasteiger charge is -2.15. The van der Waals surface area contributed by atoms with Crippen molar-refractivity contribution in [2.75, 3.05) is 12.4 Å². The summed E-state index contributed by atoms with van der Waals surface area (Å²) >= 11 is 6.21. The van der Waals surface area contributed by atoms with E-state index < -0.39 is 6.10 Å². The molecule has 0 aliphatic carbocycles. The molecule has 3 aromatic heterocycles. The second-order valence-electron chi connectivity index (χ2n) is 6.68. The molecule has 30 heavy (non-hydrogen) atoms. The first-order valence-electron chi connectivity index (χ1n) is 9.15. The number of ether oxygens (including phenoxy) is 1. The maximum atomic E-state index is 13.0. The van der Waals surface area contributed by atoms with E-state index in [1.54, 1.807) is 55.4 Å². The number of anilines is 1. The molecule has 4 aromatic rings. The van der Waals surface area contributed by atoms with E-state index in [1.807, 2.05) is 0 Å². The molecule has 9 nitrogen and oxygen atoms in total. The van der Waals surface area contributed by atoms with Crippen LogP contribution in [0, 0.1) is 0 Å². The van der Waals surface area contributed by atoms with Crippen LogP contribution in [0.4, 0.5) is 5.69 Å². The molecule has 2 N–H and O–H groups in total. The monoisotopic (exact) mass is 426 g/mol. The van der Waals surface area contributed by atoms with E-state index in [0.29, 0.717) is 38.9 Å². The smallest absolute Gasteiger partial charge is 0.261 e. The minimum absolute atomic E-state index is 0.221. The first-order chi connectivity index (χ1) is 14.5. The molecule has 0 aliphatic rings. The molecule has 4 rings (SSSR count). The van der Waals surface area contributed by atoms with Crippen LogP contribution in [0.25, 0.3) is 16.9 Å². The van der Waals surface area contributed by atoms with Crippen LogP contribution >= 0.6 is 11.6 Å². The van der Waals surface area contributed by atoms with E-state index in [0.717, 1.165) is 0 Å². The summed E-state index contributed by atoms with van der Waals surface area (Å²) in [5.74, 6) is 0.169. The summed E-state index contributed by atoms with van der Waals surface area (Å²) in [6, 6.07) is 6.90. The van der Waals surface area contributed by atoms with Gasteiger partial charge in [-0.3, -0.25) is 9.48 Å². The highest BCUT2D eigenvalue weighted by Crippen LogP contribution is 2.37. The van der Waals surface area contributed by atoms with Crippen molar-refractivity contribution < 1.29 is 14.6 Å². The third-order valence-electron chi connectivity index (χ3n) is 4.47. The summed E-state index contributed by atoms with van der Waals surface area (Å²) < 4.78 is 8.60. The van der Waals surface area contributed by atoms with Crippen molar-refractivity contribution in [2.45, 2.75) is 19.6 Å². The summed E-state index contributed by atoms with van der Waals surface area (Å²) in [6.07, 6.45) is 5.63. The zero-order chi connectivity index (χ0) is 21.3. The Labute approximate surface area is 176 Å². The lowest BCUT2D eigenvalue weighted by molar-refractivity contribution is 0.102. The zero-order valence-electron chi connectivity index (χ0n) is 16.3. The molecule has 0 saturated heterocycles. The molecule has 10 heteroatoms. The normalized spacial score (nSPS) is 12.1. The van der Waals surface area contributed by atoms with Crippen LogP contribution in [0.2, 0.25) is 5.02 Å². The lowest BCUT2D eigenvalue weighted by Crippen LogP contribution is -2.16. The number of nitrogens with zero attached hydrogens (tertiary/aromatic N) is 5. The van der Waals surface area contributed by atoms with Crippen LogP contribution in [-0.4, -0.2) is 48.6 Å². The fourth-order valence-corrected chi connectivity index (χ4v) is 3.36. The Bertz CT molecular complexity index is 1220. The van der Waals surface area contributed by atoms with Gasteiger partial charge >= 0.3 is 0 Å². The highest BCUT2D eigenvalue weighted by Gasteiger charge is 2.22. The third kappa shape index (κ3) is 3.72. The van der Waals surface area contributed by atoms with Gasteiger partial charge in [-0.2, -0.15) is 10.2 Å². The Hall–Kier alpha value is -3.43. The zero-order valence-corrected chi connectivity index (χ0v) is 17.0. The molecule has 0 saturated carbocycles. The van der Waals surface area contributed by atoms with Crippen LogP contribution in [0.5, 0.6) is 5.75 Å². The number of fused-ring (bicyclic) bond motifs is 1. The lowest BCUT2D eigenvalue weighted by atomic mass is 10.1. The van der Waals surface area contributed by atoms with Gasteiger partial charge in [-0.15, -0.1) is 0 Å². The van der Waals surface area contributed by atoms with Crippen molar-refractivity contribution in [1.29, 1.82) is 0 Å². The summed E-state index contributed by atoms with van der Waals surface area (Å²) in [4.78, 5) is 17.2. The molecule has 0 fully saturated rings. The van der Waals surface area contributed by atoms with Gasteiger partial charge in [-0.1, -0.05) is 11.6 Å². The molecule has 1 amide bonds. The van der Waals surface area contributed by atoms with Crippen LogP contribution in [0.15, 0.2) is 49.1 Å². The third-order valence-corrected chi connectivity index (χ3v) is 4.70. The number of carbonyl (C=O) groups is 1. The Morgan fingerprint density at radius 3 is 2.93 bits per heavy atom. The number of halogens is 1. The van der Waals surface area contributed by atoms with Gasteiger partial charge in [-0.25, -0.2) is 9.50 Å². The Morgan fingerprint density at radius 2 is 2.17 bits per heavy atom. The molecule has 0 bridgehead atoms. The molecule has 0 spiro atoms. The number of hydrogen-bond acceptors (Lipinski definition) is 6. The van der Waals surface area contributed by atoms with Gasteiger partial charge in [0.1, 0.15) is 11.3 Å². The first kappa shape index (κ1) is 19.9. The van der Waals surface area contributed by atoms with Crippen LogP contribution < -0.4 is 10.1 Å². The molecular weight excluding hydrogens is 408 g/mol. The number of aliphatic hydroxyl groups excluding tert-OH is 1. The quantitative estimate of drug-likeness (QED) is 0.491. The van der Waals surface area contributed by atoms with Crippen molar-refractivity contribution in [3.8, 4) is 17.0 Å². The Morgan fingerprint density at radius 1 is 1.33 bits per heavy atom. The van der Waals surface area contributed by atoms with E-state index in [4.69, 9.17) is 16.3 Å². The first-order valence-corrected chi connectivity index (χ1v) is 9.53. The number of benzene rings is 1. The number of aromatic nitrogens is 5. The molecule has 154 valence electrons. The predicted molar refractivity (Wildman–Crippen MR) is 112 cm³/mol. The fraction of sp³-hybridized carbons (Fsp3) is 0.200. The van der Waals surface area contributed by atoms with Gasteiger partial charge in [0.2, 0.25) is 0 Å². The Kier molecular flexibility index (Phi) is 5.39. The molecule has 1 atom stereocenters. The summed E-state index contributed by atoms with van der Waals surface area (Å²) in [5.41, 5.74) is 2.40. The molecular formula is C20H19ClN6O3. The van der Waals surface area contributed by atoms with Gasteiger partial charge in [0.15, 0.2) is 5.65 Å². The molecule has 0 radical (unpaired) electrons. The number of hydrogen-bond donors (Lipinski definition) is 2. The van der Waals surface area contributed by atoms with E-state index >= 15 is 0 Å². The Balaban J connectivity index is 1.78. The van der Waals surface area contributed by atoms with Crippen molar-refractivity contribution in [3.05, 3.63) is 59.6 Å². The van der Waals surface area contributed by atoms with Gasteiger partial charge < -0.3 is 15.2 Å². The van der Waals surface area contributed by atoms with Crippen molar-refractivity contribution in [2.24, 2.45) is 0 Å². The van der Waals surface area contributed by atoms with Crippen molar-refractivity contribution in [3.63, 3.8) is 0 Å². The average molecular weight is 427 g/mol. The number of aliphatic hydroxyl groups is 1. The number of methoxy groups -OCH3 is 1. The van der Waals surface area contributed by atoms with E-state index in [-0.39, 0.29) is 12.5 Å². The minimum atomic E-state index is -0.652. The van der Waals surface area contributed by atoms with Crippen LogP contribution in [0.1, 0.15) is 17.3 Å². The molecule has 1 aromatic carbocycles. The second kappa shape index (κ2) is 8.13. The largest absolute Gasteiger partial charge is 0.496 e. The highest BCUT2D eigenvalue weighted by atomic mass is 35.5. The van der Waals surface area contributed by atoms with Crippen molar-refractivity contribution in [1.82, 2.24) is 24.4 Å². The minimum Gasteiger partial charge on any atom is -0.496 e. The maximum absolute atomic E-state index is 13.0. The van der Waals surface area contributed by atoms with E-state index in [9.17, 15) is 9.90 Å². The van der Waals surface area contributed by atoms with Gasteiger partial charge in [-0.05, 0) is 31.2 Å². The predicted octanol–water partition coefficient (Wildman–Crippen LogP) is 2.89. The van der Waals surface area contributed by atoms with Crippen molar-refractivity contribution >= 4 is 28.8 Å². The molecule has 1 unspecified atom stereocenters. The summed E-state index contributed by atoms with van der Waals surface area (Å²) in [5, 5.41) is 21.8. The van der Waals surface area contributed by atoms with Gasteiger partial charge in [0.25, 0.3) is 5.91 Å². The van der Waals surface area contributed by atoms with Crippen LogP contribution in [0.3, 0.4) is 0 Å². The number of carbonyl (C=O) groups excluding carboxylic acids is 1. The average Bonchev–Trinajstić information content (AvgIpc) is 3.31. The SMILES string of the molecule is COc1ccc(Cl)cc1-c1c(NC(=O)c2cnn3cccnc23)cnn1CC(C)O. The van der Waals surface area contributed by atoms with E-state index in [1.165, 1.54) is 16.9 Å². The topological polar surface area (TPSA) is 107 Å². The standard InChI is InChI=1S/C20H19ClN6O3/c1-12(28)11-27-18(14-8-13(21)4-5-17(14)30-2)16(10-24-27)25-20(29)15-9-23-26-7-3-6-22-19(15)26/h3-10,12,28H,11H2,1-2H3,(H,25,29). The fourth-order valence-electron chi connectivity index (χ4n) is 3.19. The second-order valence-corrected chi connectivity index (χ2v) is 7.12. The summed E-state index contributed by atoms with van der Waals surface area (Å²) in [7, 11) is 1.55.